The monoisotopic (exact) mass is 273 g/mol. The van der Waals surface area contributed by atoms with E-state index in [0.717, 1.165) is 17.4 Å². The average Bonchev–Trinajstić information content (AvgIpc) is 2.78. The number of hydrogen-bond donors (Lipinski definition) is 1. The molecule has 1 amide bonds. The molecule has 0 atom stereocenters. The molecular formula is C10H12BrNOS. The Morgan fingerprint density at radius 1 is 1.64 bits per heavy atom. The molecule has 2 nitrogen and oxygen atoms in total. The number of carbonyl (C=O) groups excluding carboxylic acids is 1. The van der Waals surface area contributed by atoms with Gasteiger partial charge in [0.15, 0.2) is 0 Å². The summed E-state index contributed by atoms with van der Waals surface area (Å²) in [6, 6.07) is 1.85. The highest BCUT2D eigenvalue weighted by Gasteiger charge is 2.41. The molecule has 1 aliphatic carbocycles. The summed E-state index contributed by atoms with van der Waals surface area (Å²) < 4.78 is 0. The van der Waals surface area contributed by atoms with Crippen LogP contribution in [0, 0.1) is 5.41 Å². The van der Waals surface area contributed by atoms with Gasteiger partial charge >= 0.3 is 0 Å². The van der Waals surface area contributed by atoms with Crippen LogP contribution in [0.25, 0.3) is 0 Å². The fourth-order valence-corrected chi connectivity index (χ4v) is 2.69. The summed E-state index contributed by atoms with van der Waals surface area (Å²) in [7, 11) is 0. The van der Waals surface area contributed by atoms with Crippen molar-refractivity contribution in [2.45, 2.75) is 12.8 Å². The van der Waals surface area contributed by atoms with Crippen LogP contribution in [-0.2, 0) is 0 Å². The summed E-state index contributed by atoms with van der Waals surface area (Å²) in [6.45, 7) is 0.799. The van der Waals surface area contributed by atoms with Gasteiger partial charge in [-0.05, 0) is 29.7 Å². The zero-order valence-corrected chi connectivity index (χ0v) is 10.2. The summed E-state index contributed by atoms with van der Waals surface area (Å²) in [5.41, 5.74) is 1.13. The molecule has 1 aromatic rings. The minimum Gasteiger partial charge on any atom is -0.351 e. The van der Waals surface area contributed by atoms with Gasteiger partial charge in [-0.3, -0.25) is 4.79 Å². The Hall–Kier alpha value is -0.350. The molecule has 0 aliphatic heterocycles. The third kappa shape index (κ3) is 2.17. The number of nitrogens with one attached hydrogen (secondary N) is 1. The van der Waals surface area contributed by atoms with Crippen LogP contribution in [0.5, 0.6) is 0 Å². The van der Waals surface area contributed by atoms with Gasteiger partial charge in [0.25, 0.3) is 5.91 Å². The van der Waals surface area contributed by atoms with E-state index in [1.54, 1.807) is 11.3 Å². The van der Waals surface area contributed by atoms with Gasteiger partial charge in [-0.2, -0.15) is 11.3 Å². The second-order valence-electron chi connectivity index (χ2n) is 3.83. The highest BCUT2D eigenvalue weighted by atomic mass is 79.9. The lowest BCUT2D eigenvalue weighted by atomic mass is 10.1. The minimum atomic E-state index is 0.0541. The second kappa shape index (κ2) is 4.03. The summed E-state index contributed by atoms with van der Waals surface area (Å²) in [6.07, 6.45) is 2.45. The Labute approximate surface area is 95.8 Å². The van der Waals surface area contributed by atoms with Crippen LogP contribution >= 0.6 is 27.3 Å². The van der Waals surface area contributed by atoms with E-state index in [1.807, 2.05) is 16.8 Å². The Bertz CT molecular complexity index is 319. The standard InChI is InChI=1S/C10H12BrNOS/c11-6-10(2-3-10)7-12-9(13)8-1-4-14-5-8/h1,4-5H,2-3,6-7H2,(H,12,13). The van der Waals surface area contributed by atoms with Crippen molar-refractivity contribution in [2.75, 3.05) is 11.9 Å². The molecule has 1 saturated carbocycles. The molecule has 14 heavy (non-hydrogen) atoms. The van der Waals surface area contributed by atoms with Gasteiger partial charge in [-0.25, -0.2) is 0 Å². The fourth-order valence-electron chi connectivity index (χ4n) is 1.30. The summed E-state index contributed by atoms with van der Waals surface area (Å²) in [5.74, 6) is 0.0541. The maximum absolute atomic E-state index is 11.6. The van der Waals surface area contributed by atoms with E-state index in [-0.39, 0.29) is 5.91 Å². The van der Waals surface area contributed by atoms with Gasteiger partial charge in [0, 0.05) is 22.8 Å². The van der Waals surface area contributed by atoms with E-state index >= 15 is 0 Å². The number of halogens is 1. The van der Waals surface area contributed by atoms with Crippen LogP contribution in [0.15, 0.2) is 16.8 Å². The molecule has 1 aliphatic rings. The highest BCUT2D eigenvalue weighted by Crippen LogP contribution is 2.46. The van der Waals surface area contributed by atoms with Crippen molar-refractivity contribution in [3.05, 3.63) is 22.4 Å². The number of amides is 1. The fraction of sp³-hybridized carbons (Fsp3) is 0.500. The van der Waals surface area contributed by atoms with Crippen LogP contribution in [0.2, 0.25) is 0 Å². The molecule has 4 heteroatoms. The van der Waals surface area contributed by atoms with Crippen molar-refractivity contribution in [1.29, 1.82) is 0 Å². The number of hydrogen-bond acceptors (Lipinski definition) is 2. The summed E-state index contributed by atoms with van der Waals surface area (Å²) >= 11 is 5.04. The first-order valence-corrected chi connectivity index (χ1v) is 6.69. The van der Waals surface area contributed by atoms with Crippen molar-refractivity contribution in [2.24, 2.45) is 5.41 Å². The van der Waals surface area contributed by atoms with E-state index in [4.69, 9.17) is 0 Å². The van der Waals surface area contributed by atoms with E-state index in [2.05, 4.69) is 21.2 Å². The third-order valence-corrected chi connectivity index (χ3v) is 4.52. The first-order valence-electron chi connectivity index (χ1n) is 4.62. The molecule has 0 spiro atoms. The topological polar surface area (TPSA) is 29.1 Å². The molecule has 0 aromatic carbocycles. The molecule has 0 bridgehead atoms. The molecule has 0 saturated heterocycles. The smallest absolute Gasteiger partial charge is 0.252 e. The highest BCUT2D eigenvalue weighted by molar-refractivity contribution is 9.09. The maximum atomic E-state index is 11.6. The first kappa shape index (κ1) is 10.2. The number of carbonyl (C=O) groups is 1. The SMILES string of the molecule is O=C(NCC1(CBr)CC1)c1ccsc1. The predicted octanol–water partition coefficient (Wildman–Crippen LogP) is 2.65. The minimum absolute atomic E-state index is 0.0541. The Morgan fingerprint density at radius 3 is 2.93 bits per heavy atom. The van der Waals surface area contributed by atoms with Crippen molar-refractivity contribution in [3.8, 4) is 0 Å². The van der Waals surface area contributed by atoms with Crippen LogP contribution in [0.4, 0.5) is 0 Å². The summed E-state index contributed by atoms with van der Waals surface area (Å²) in [5, 5.41) is 7.77. The lowest BCUT2D eigenvalue weighted by Crippen LogP contribution is -2.30. The van der Waals surface area contributed by atoms with E-state index in [1.165, 1.54) is 12.8 Å². The Morgan fingerprint density at radius 2 is 2.43 bits per heavy atom. The third-order valence-electron chi connectivity index (χ3n) is 2.65. The lowest BCUT2D eigenvalue weighted by molar-refractivity contribution is 0.0947. The van der Waals surface area contributed by atoms with Gasteiger partial charge in [0.1, 0.15) is 0 Å². The molecule has 1 fully saturated rings. The predicted molar refractivity (Wildman–Crippen MR) is 62.1 cm³/mol. The van der Waals surface area contributed by atoms with Crippen LogP contribution < -0.4 is 5.32 Å². The van der Waals surface area contributed by atoms with E-state index in [9.17, 15) is 4.79 Å². The van der Waals surface area contributed by atoms with Crippen LogP contribution in [0.1, 0.15) is 23.2 Å². The van der Waals surface area contributed by atoms with Crippen LogP contribution in [-0.4, -0.2) is 17.8 Å². The van der Waals surface area contributed by atoms with E-state index < -0.39 is 0 Å². The molecule has 1 heterocycles. The van der Waals surface area contributed by atoms with Crippen molar-refractivity contribution >= 4 is 33.2 Å². The molecule has 1 N–H and O–H groups in total. The van der Waals surface area contributed by atoms with Gasteiger partial charge in [0.05, 0.1) is 0 Å². The number of alkyl halides is 1. The normalized spacial score (nSPS) is 17.8. The molecule has 76 valence electrons. The van der Waals surface area contributed by atoms with Gasteiger partial charge in [-0.1, -0.05) is 15.9 Å². The zero-order chi connectivity index (χ0) is 10.0. The van der Waals surface area contributed by atoms with Crippen molar-refractivity contribution in [3.63, 3.8) is 0 Å². The Kier molecular flexibility index (Phi) is 2.93. The van der Waals surface area contributed by atoms with Gasteiger partial charge in [-0.15, -0.1) is 0 Å². The zero-order valence-electron chi connectivity index (χ0n) is 7.75. The van der Waals surface area contributed by atoms with E-state index in [0.29, 0.717) is 5.41 Å². The molecule has 1 aromatic heterocycles. The second-order valence-corrected chi connectivity index (χ2v) is 5.17. The average molecular weight is 274 g/mol. The molecule has 0 radical (unpaired) electrons. The molecular weight excluding hydrogens is 262 g/mol. The number of rotatable bonds is 4. The van der Waals surface area contributed by atoms with Crippen LogP contribution in [0.3, 0.4) is 0 Å². The van der Waals surface area contributed by atoms with Gasteiger partial charge < -0.3 is 5.32 Å². The quantitative estimate of drug-likeness (QED) is 0.840. The summed E-state index contributed by atoms with van der Waals surface area (Å²) in [4.78, 5) is 11.6. The largest absolute Gasteiger partial charge is 0.351 e. The number of thiophene rings is 1. The van der Waals surface area contributed by atoms with Crippen molar-refractivity contribution in [1.82, 2.24) is 5.32 Å². The maximum Gasteiger partial charge on any atom is 0.252 e. The first-order chi connectivity index (χ1) is 6.76. The van der Waals surface area contributed by atoms with Crippen molar-refractivity contribution < 1.29 is 4.79 Å². The Balaban J connectivity index is 1.84. The van der Waals surface area contributed by atoms with Gasteiger partial charge in [0.2, 0.25) is 0 Å². The molecule has 0 unspecified atom stereocenters. The molecule has 2 rings (SSSR count). The lowest BCUT2D eigenvalue weighted by Gasteiger charge is -2.11.